The summed E-state index contributed by atoms with van der Waals surface area (Å²) in [5, 5.41) is 15.9. The Bertz CT molecular complexity index is 739. The zero-order valence-corrected chi connectivity index (χ0v) is 18.8. The van der Waals surface area contributed by atoms with E-state index in [1.807, 2.05) is 45.0 Å². The number of anilines is 1. The fourth-order valence-corrected chi connectivity index (χ4v) is 3.50. The van der Waals surface area contributed by atoms with Gasteiger partial charge in [-0.05, 0) is 42.5 Å². The first-order chi connectivity index (χ1) is 14.6. The summed E-state index contributed by atoms with van der Waals surface area (Å²) in [5.74, 6) is 0.310. The maximum atomic E-state index is 13.2. The Kier molecular flexibility index (Phi) is 8.67. The van der Waals surface area contributed by atoms with Gasteiger partial charge in [-0.1, -0.05) is 20.8 Å². The number of rotatable bonds is 9. The van der Waals surface area contributed by atoms with Crippen molar-refractivity contribution >= 4 is 23.9 Å². The number of benzene rings is 1. The van der Waals surface area contributed by atoms with Gasteiger partial charge in [-0.25, -0.2) is 5.06 Å². The van der Waals surface area contributed by atoms with Crippen LogP contribution in [0.3, 0.4) is 0 Å². The number of nitrogens with one attached hydrogen (secondary N) is 2. The first-order valence-corrected chi connectivity index (χ1v) is 10.5. The van der Waals surface area contributed by atoms with E-state index < -0.39 is 11.5 Å². The van der Waals surface area contributed by atoms with E-state index in [-0.39, 0.29) is 37.2 Å². The number of ether oxygens (including phenoxy) is 1. The maximum Gasteiger partial charge on any atom is 0.245 e. The molecule has 0 spiro atoms. The van der Waals surface area contributed by atoms with E-state index in [9.17, 15) is 14.4 Å². The number of piperidine rings is 1. The standard InChI is InChI=1S/C22H34N4O5/c1-22(2,3)20(24-19(28)11-14-26(30)15-27)21(29)25-12-9-17(10-13-25)23-16-5-7-18(31-4)8-6-16/h5-8,15,17,20,23,30H,9-14H2,1-4H3,(H,24,28)/t20-/m1/s1. The number of hydroxylamine groups is 2. The minimum absolute atomic E-state index is 0.0804. The smallest absolute Gasteiger partial charge is 0.245 e. The van der Waals surface area contributed by atoms with E-state index in [0.29, 0.717) is 18.2 Å². The van der Waals surface area contributed by atoms with Crippen LogP contribution in [-0.4, -0.2) is 72.2 Å². The summed E-state index contributed by atoms with van der Waals surface area (Å²) in [6.07, 6.45) is 1.77. The maximum absolute atomic E-state index is 13.2. The molecule has 0 bridgehead atoms. The predicted octanol–water partition coefficient (Wildman–Crippen LogP) is 1.87. The van der Waals surface area contributed by atoms with Crippen LogP contribution in [0, 0.1) is 5.41 Å². The second-order valence-electron chi connectivity index (χ2n) is 8.86. The molecule has 9 heteroatoms. The molecule has 0 aromatic heterocycles. The van der Waals surface area contributed by atoms with Crippen LogP contribution in [0.1, 0.15) is 40.0 Å². The summed E-state index contributed by atoms with van der Waals surface area (Å²) in [7, 11) is 1.63. The van der Waals surface area contributed by atoms with Gasteiger partial charge in [0.15, 0.2) is 0 Å². The molecule has 2 rings (SSSR count). The van der Waals surface area contributed by atoms with Crippen molar-refractivity contribution in [3.05, 3.63) is 24.3 Å². The fourth-order valence-electron chi connectivity index (χ4n) is 3.50. The number of methoxy groups -OCH3 is 1. The Hall–Kier alpha value is -2.81. The molecule has 1 saturated heterocycles. The SMILES string of the molecule is COc1ccc(NC2CCN(C(=O)[C@@H](NC(=O)CCN(O)C=O)C(C)(C)C)CC2)cc1. The zero-order chi connectivity index (χ0) is 23.0. The number of hydrogen-bond donors (Lipinski definition) is 3. The fraction of sp³-hybridized carbons (Fsp3) is 0.591. The number of amides is 3. The third-order valence-electron chi connectivity index (χ3n) is 5.38. The molecule has 1 atom stereocenters. The highest BCUT2D eigenvalue weighted by Crippen LogP contribution is 2.24. The molecule has 31 heavy (non-hydrogen) atoms. The summed E-state index contributed by atoms with van der Waals surface area (Å²) in [6.45, 7) is 6.78. The molecule has 0 unspecified atom stereocenters. The van der Waals surface area contributed by atoms with Crippen molar-refractivity contribution in [3.8, 4) is 5.75 Å². The predicted molar refractivity (Wildman–Crippen MR) is 117 cm³/mol. The second kappa shape index (κ2) is 11.0. The van der Waals surface area contributed by atoms with Crippen molar-refractivity contribution in [2.75, 3.05) is 32.1 Å². The quantitative estimate of drug-likeness (QED) is 0.311. The van der Waals surface area contributed by atoms with E-state index in [4.69, 9.17) is 9.94 Å². The van der Waals surface area contributed by atoms with Gasteiger partial charge in [0.05, 0.1) is 13.7 Å². The Morgan fingerprint density at radius 3 is 2.39 bits per heavy atom. The number of hydrogen-bond acceptors (Lipinski definition) is 6. The third kappa shape index (κ3) is 7.43. The van der Waals surface area contributed by atoms with Gasteiger partial charge in [-0.3, -0.25) is 19.6 Å². The van der Waals surface area contributed by atoms with Crippen molar-refractivity contribution in [3.63, 3.8) is 0 Å². The molecule has 1 heterocycles. The highest BCUT2D eigenvalue weighted by molar-refractivity contribution is 5.88. The van der Waals surface area contributed by atoms with Gasteiger partial charge in [0, 0.05) is 31.2 Å². The topological polar surface area (TPSA) is 111 Å². The van der Waals surface area contributed by atoms with Crippen LogP contribution in [0.15, 0.2) is 24.3 Å². The first-order valence-electron chi connectivity index (χ1n) is 10.5. The monoisotopic (exact) mass is 434 g/mol. The Morgan fingerprint density at radius 2 is 1.87 bits per heavy atom. The molecule has 9 nitrogen and oxygen atoms in total. The lowest BCUT2D eigenvalue weighted by Gasteiger charge is -2.38. The van der Waals surface area contributed by atoms with Crippen molar-refractivity contribution in [1.29, 1.82) is 0 Å². The zero-order valence-electron chi connectivity index (χ0n) is 18.8. The molecule has 1 aromatic rings. The van der Waals surface area contributed by atoms with E-state index in [0.717, 1.165) is 24.3 Å². The molecule has 0 aliphatic carbocycles. The van der Waals surface area contributed by atoms with Gasteiger partial charge >= 0.3 is 0 Å². The van der Waals surface area contributed by atoms with Crippen molar-refractivity contribution < 1.29 is 24.3 Å². The molecule has 0 radical (unpaired) electrons. The second-order valence-corrected chi connectivity index (χ2v) is 8.86. The number of likely N-dealkylation sites (tertiary alicyclic amines) is 1. The normalized spacial score (nSPS) is 15.7. The highest BCUT2D eigenvalue weighted by atomic mass is 16.5. The average Bonchev–Trinajstić information content (AvgIpc) is 2.75. The lowest BCUT2D eigenvalue weighted by molar-refractivity contribution is -0.151. The van der Waals surface area contributed by atoms with Crippen LogP contribution in [0.25, 0.3) is 0 Å². The van der Waals surface area contributed by atoms with Crippen molar-refractivity contribution in [2.24, 2.45) is 5.41 Å². The summed E-state index contributed by atoms with van der Waals surface area (Å²) < 4.78 is 5.18. The molecule has 0 saturated carbocycles. The van der Waals surface area contributed by atoms with Crippen LogP contribution < -0.4 is 15.4 Å². The molecular formula is C22H34N4O5. The van der Waals surface area contributed by atoms with E-state index in [1.54, 1.807) is 12.0 Å². The number of carbonyl (C=O) groups excluding carboxylic acids is 3. The minimum Gasteiger partial charge on any atom is -0.497 e. The summed E-state index contributed by atoms with van der Waals surface area (Å²) in [6, 6.07) is 7.33. The van der Waals surface area contributed by atoms with Crippen molar-refractivity contribution in [2.45, 2.75) is 52.1 Å². The van der Waals surface area contributed by atoms with Crippen LogP contribution in [-0.2, 0) is 14.4 Å². The summed E-state index contributed by atoms with van der Waals surface area (Å²) in [4.78, 5) is 37.7. The van der Waals surface area contributed by atoms with Gasteiger partial charge in [-0.2, -0.15) is 0 Å². The molecule has 1 aromatic carbocycles. The molecule has 3 N–H and O–H groups in total. The van der Waals surface area contributed by atoms with Crippen LogP contribution in [0.4, 0.5) is 5.69 Å². The van der Waals surface area contributed by atoms with Gasteiger partial charge < -0.3 is 20.3 Å². The summed E-state index contributed by atoms with van der Waals surface area (Å²) >= 11 is 0. The molecule has 3 amide bonds. The number of nitrogens with zero attached hydrogens (tertiary/aromatic N) is 2. The van der Waals surface area contributed by atoms with Gasteiger partial charge in [0.2, 0.25) is 18.2 Å². The molecule has 1 aliphatic rings. The average molecular weight is 435 g/mol. The van der Waals surface area contributed by atoms with Gasteiger partial charge in [-0.15, -0.1) is 0 Å². The van der Waals surface area contributed by atoms with Gasteiger partial charge in [0.25, 0.3) is 0 Å². The molecular weight excluding hydrogens is 400 g/mol. The van der Waals surface area contributed by atoms with Crippen LogP contribution in [0.2, 0.25) is 0 Å². The van der Waals surface area contributed by atoms with E-state index >= 15 is 0 Å². The van der Waals surface area contributed by atoms with Crippen molar-refractivity contribution in [1.82, 2.24) is 15.3 Å². The van der Waals surface area contributed by atoms with E-state index in [1.165, 1.54) is 0 Å². The Labute approximate surface area is 183 Å². The first kappa shape index (κ1) is 24.5. The Morgan fingerprint density at radius 1 is 1.26 bits per heavy atom. The van der Waals surface area contributed by atoms with E-state index in [2.05, 4.69) is 10.6 Å². The lowest BCUT2D eigenvalue weighted by atomic mass is 9.85. The lowest BCUT2D eigenvalue weighted by Crippen LogP contribution is -2.56. The minimum atomic E-state index is -0.686. The highest BCUT2D eigenvalue weighted by Gasteiger charge is 2.36. The Balaban J connectivity index is 1.90. The van der Waals surface area contributed by atoms with Crippen LogP contribution in [0.5, 0.6) is 5.75 Å². The third-order valence-corrected chi connectivity index (χ3v) is 5.38. The van der Waals surface area contributed by atoms with Gasteiger partial charge in [0.1, 0.15) is 11.8 Å². The molecule has 1 aliphatic heterocycles. The summed E-state index contributed by atoms with van der Waals surface area (Å²) in [5.41, 5.74) is 0.535. The largest absolute Gasteiger partial charge is 0.497 e. The number of carbonyl (C=O) groups is 3. The molecule has 172 valence electrons. The van der Waals surface area contributed by atoms with Crippen LogP contribution >= 0.6 is 0 Å². The molecule has 1 fully saturated rings.